The van der Waals surface area contributed by atoms with Crippen molar-refractivity contribution in [2.75, 3.05) is 13.2 Å². The molecule has 0 unspecified atom stereocenters. The number of hydrogen-bond acceptors (Lipinski definition) is 5. The summed E-state index contributed by atoms with van der Waals surface area (Å²) in [5.74, 6) is 1.50. The first kappa shape index (κ1) is 17.8. The lowest BCUT2D eigenvalue weighted by Gasteiger charge is -2.15. The van der Waals surface area contributed by atoms with Crippen LogP contribution in [0.1, 0.15) is 16.7 Å². The molecule has 0 radical (unpaired) electrons. The Morgan fingerprint density at radius 1 is 1.11 bits per heavy atom. The molecule has 5 heteroatoms. The number of benzene rings is 2. The van der Waals surface area contributed by atoms with Gasteiger partial charge in [0.1, 0.15) is 24.7 Å². The SMILES string of the molecule is N=C/C(=C1\NCCOc2cc(OCc3ccccc3)ccc21)c1ccncc1. The second kappa shape index (κ2) is 8.39. The Morgan fingerprint density at radius 2 is 1.93 bits per heavy atom. The minimum Gasteiger partial charge on any atom is -0.491 e. The lowest BCUT2D eigenvalue weighted by molar-refractivity contribution is 0.297. The molecule has 0 saturated heterocycles. The van der Waals surface area contributed by atoms with Gasteiger partial charge in [-0.05, 0) is 35.4 Å². The Bertz CT molecular complexity index is 985. The number of pyridine rings is 1. The van der Waals surface area contributed by atoms with Crippen LogP contribution in [-0.2, 0) is 6.61 Å². The highest BCUT2D eigenvalue weighted by Gasteiger charge is 2.18. The summed E-state index contributed by atoms with van der Waals surface area (Å²) in [6.45, 7) is 1.70. The zero-order valence-electron chi connectivity index (χ0n) is 15.4. The first-order valence-electron chi connectivity index (χ1n) is 9.18. The average molecular weight is 371 g/mol. The first-order chi connectivity index (χ1) is 13.8. The van der Waals surface area contributed by atoms with Gasteiger partial charge in [-0.1, -0.05) is 30.3 Å². The van der Waals surface area contributed by atoms with E-state index in [4.69, 9.17) is 14.9 Å². The summed E-state index contributed by atoms with van der Waals surface area (Å²) in [5.41, 5.74) is 4.64. The van der Waals surface area contributed by atoms with Crippen molar-refractivity contribution in [3.05, 3.63) is 89.7 Å². The van der Waals surface area contributed by atoms with Crippen molar-refractivity contribution >= 4 is 17.5 Å². The molecule has 28 heavy (non-hydrogen) atoms. The number of aromatic nitrogens is 1. The van der Waals surface area contributed by atoms with E-state index in [1.54, 1.807) is 12.4 Å². The van der Waals surface area contributed by atoms with Crippen LogP contribution in [-0.4, -0.2) is 24.4 Å². The van der Waals surface area contributed by atoms with Crippen LogP contribution in [0.3, 0.4) is 0 Å². The van der Waals surface area contributed by atoms with Crippen LogP contribution in [0, 0.1) is 5.41 Å². The highest BCUT2D eigenvalue weighted by Crippen LogP contribution is 2.34. The third-order valence-electron chi connectivity index (χ3n) is 4.54. The quantitative estimate of drug-likeness (QED) is 0.661. The van der Waals surface area contributed by atoms with E-state index >= 15 is 0 Å². The number of ether oxygens (including phenoxy) is 2. The molecule has 0 spiro atoms. The number of rotatable bonds is 5. The number of nitrogens with zero attached hydrogens (tertiary/aromatic N) is 1. The molecular weight excluding hydrogens is 350 g/mol. The van der Waals surface area contributed by atoms with Crippen molar-refractivity contribution in [3.8, 4) is 11.5 Å². The first-order valence-corrected chi connectivity index (χ1v) is 9.18. The van der Waals surface area contributed by atoms with E-state index in [-0.39, 0.29) is 0 Å². The standard InChI is InChI=1S/C23H21N3O2/c24-15-21(18-8-10-25-11-9-18)23-20-7-6-19(14-22(20)27-13-12-26-23)28-16-17-4-2-1-3-5-17/h1-11,14-15,24,26H,12-13,16H2/b23-21+,24-15?. The van der Waals surface area contributed by atoms with Gasteiger partial charge in [0.25, 0.3) is 0 Å². The van der Waals surface area contributed by atoms with Gasteiger partial charge in [-0.3, -0.25) is 4.98 Å². The molecule has 0 fully saturated rings. The van der Waals surface area contributed by atoms with E-state index in [2.05, 4.69) is 10.3 Å². The fourth-order valence-electron chi connectivity index (χ4n) is 3.16. The van der Waals surface area contributed by atoms with E-state index < -0.39 is 0 Å². The third-order valence-corrected chi connectivity index (χ3v) is 4.54. The van der Waals surface area contributed by atoms with Gasteiger partial charge in [0.05, 0.1) is 5.70 Å². The molecule has 1 aliphatic rings. The topological polar surface area (TPSA) is 67.2 Å². The fraction of sp³-hybridized carbons (Fsp3) is 0.130. The predicted octanol–water partition coefficient (Wildman–Crippen LogP) is 4.16. The Morgan fingerprint density at radius 3 is 2.71 bits per heavy atom. The second-order valence-corrected chi connectivity index (χ2v) is 6.38. The Kier molecular flexibility index (Phi) is 5.33. The minimum atomic E-state index is 0.503. The molecule has 1 aromatic heterocycles. The Labute approximate surface area is 164 Å². The molecule has 0 saturated carbocycles. The van der Waals surface area contributed by atoms with E-state index in [1.807, 2.05) is 60.7 Å². The van der Waals surface area contributed by atoms with Crippen LogP contribution < -0.4 is 14.8 Å². The van der Waals surface area contributed by atoms with E-state index in [0.29, 0.717) is 19.8 Å². The minimum absolute atomic E-state index is 0.503. The van der Waals surface area contributed by atoms with E-state index in [0.717, 1.165) is 39.5 Å². The Hall–Kier alpha value is -3.60. The van der Waals surface area contributed by atoms with Crippen LogP contribution >= 0.6 is 0 Å². The van der Waals surface area contributed by atoms with Gasteiger partial charge < -0.3 is 20.2 Å². The molecule has 0 amide bonds. The molecule has 0 atom stereocenters. The predicted molar refractivity (Wildman–Crippen MR) is 111 cm³/mol. The highest BCUT2D eigenvalue weighted by atomic mass is 16.5. The van der Waals surface area contributed by atoms with Crippen molar-refractivity contribution in [1.29, 1.82) is 5.41 Å². The van der Waals surface area contributed by atoms with Gasteiger partial charge in [0.2, 0.25) is 0 Å². The largest absolute Gasteiger partial charge is 0.491 e. The number of fused-ring (bicyclic) bond motifs is 1. The van der Waals surface area contributed by atoms with Gasteiger partial charge in [-0.15, -0.1) is 0 Å². The summed E-state index contributed by atoms with van der Waals surface area (Å²) in [6.07, 6.45) is 4.83. The molecule has 2 aromatic carbocycles. The number of nitrogens with one attached hydrogen (secondary N) is 2. The summed E-state index contributed by atoms with van der Waals surface area (Å²) >= 11 is 0. The smallest absolute Gasteiger partial charge is 0.132 e. The van der Waals surface area contributed by atoms with Crippen LogP contribution in [0.25, 0.3) is 11.3 Å². The maximum absolute atomic E-state index is 7.94. The second-order valence-electron chi connectivity index (χ2n) is 6.38. The molecular formula is C23H21N3O2. The van der Waals surface area contributed by atoms with Gasteiger partial charge in [0, 0.05) is 42.4 Å². The summed E-state index contributed by atoms with van der Waals surface area (Å²) in [4.78, 5) is 4.07. The number of hydrogen-bond donors (Lipinski definition) is 2. The monoisotopic (exact) mass is 371 g/mol. The van der Waals surface area contributed by atoms with Crippen molar-refractivity contribution in [3.63, 3.8) is 0 Å². The Balaban J connectivity index is 1.67. The molecule has 2 heterocycles. The van der Waals surface area contributed by atoms with Crippen LogP contribution in [0.5, 0.6) is 11.5 Å². The molecule has 0 bridgehead atoms. The molecule has 1 aliphatic heterocycles. The normalized spacial score (nSPS) is 14.7. The summed E-state index contributed by atoms with van der Waals surface area (Å²) in [6, 6.07) is 19.7. The van der Waals surface area contributed by atoms with Crippen molar-refractivity contribution in [2.45, 2.75) is 6.61 Å². The molecule has 0 aliphatic carbocycles. The highest BCUT2D eigenvalue weighted by molar-refractivity contribution is 6.18. The fourth-order valence-corrected chi connectivity index (χ4v) is 3.16. The maximum atomic E-state index is 7.94. The third kappa shape index (κ3) is 3.88. The van der Waals surface area contributed by atoms with Crippen LogP contribution in [0.2, 0.25) is 0 Å². The van der Waals surface area contributed by atoms with Crippen molar-refractivity contribution < 1.29 is 9.47 Å². The maximum Gasteiger partial charge on any atom is 0.132 e. The molecule has 3 aromatic rings. The van der Waals surface area contributed by atoms with Crippen LogP contribution in [0.4, 0.5) is 0 Å². The lowest BCUT2D eigenvalue weighted by atomic mass is 10.0. The molecule has 5 nitrogen and oxygen atoms in total. The summed E-state index contributed by atoms with van der Waals surface area (Å²) in [7, 11) is 0. The zero-order chi connectivity index (χ0) is 19.2. The van der Waals surface area contributed by atoms with Crippen molar-refractivity contribution in [2.24, 2.45) is 0 Å². The average Bonchev–Trinajstić information content (AvgIpc) is 2.97. The van der Waals surface area contributed by atoms with Gasteiger partial charge in [0.15, 0.2) is 0 Å². The molecule has 4 rings (SSSR count). The summed E-state index contributed by atoms with van der Waals surface area (Å²) < 4.78 is 11.9. The summed E-state index contributed by atoms with van der Waals surface area (Å²) in [5, 5.41) is 11.3. The van der Waals surface area contributed by atoms with Crippen LogP contribution in [0.15, 0.2) is 73.1 Å². The van der Waals surface area contributed by atoms with Gasteiger partial charge in [-0.25, -0.2) is 0 Å². The lowest BCUT2D eigenvalue weighted by Crippen LogP contribution is -2.17. The molecule has 140 valence electrons. The van der Waals surface area contributed by atoms with Gasteiger partial charge in [-0.2, -0.15) is 0 Å². The van der Waals surface area contributed by atoms with Gasteiger partial charge >= 0.3 is 0 Å². The van der Waals surface area contributed by atoms with E-state index in [9.17, 15) is 0 Å². The van der Waals surface area contributed by atoms with Crippen molar-refractivity contribution in [1.82, 2.24) is 10.3 Å². The molecule has 2 N–H and O–H groups in total. The van der Waals surface area contributed by atoms with E-state index in [1.165, 1.54) is 6.21 Å². The number of allylic oxidation sites excluding steroid dienone is 1. The zero-order valence-corrected chi connectivity index (χ0v) is 15.4.